The Kier molecular flexibility index (Phi) is 6.96. The lowest BCUT2D eigenvalue weighted by Crippen LogP contribution is -2.52. The number of rotatable bonds is 9. The molecule has 86 valence electrons. The first-order valence-corrected chi connectivity index (χ1v) is 4.98. The molecule has 0 saturated heterocycles. The summed E-state index contributed by atoms with van der Waals surface area (Å²) < 4.78 is 5.17. The van der Waals surface area contributed by atoms with Gasteiger partial charge in [0.25, 0.3) is 0 Å². The first-order chi connectivity index (χ1) is 7.10. The standard InChI is InChI=1S/C12H21NO2/c1-4-7-12(13,8-5-2)11(14)10-15-9-6-3/h4-6,11,14H,1-3,7-10,13H2. The molecule has 0 fully saturated rings. The van der Waals surface area contributed by atoms with Gasteiger partial charge >= 0.3 is 0 Å². The fraction of sp³-hybridized carbons (Fsp3) is 0.500. The summed E-state index contributed by atoms with van der Waals surface area (Å²) in [6.45, 7) is 11.4. The Morgan fingerprint density at radius 1 is 1.20 bits per heavy atom. The maximum atomic E-state index is 9.88. The smallest absolute Gasteiger partial charge is 0.0958 e. The number of ether oxygens (including phenoxy) is 1. The van der Waals surface area contributed by atoms with Crippen LogP contribution in [0.3, 0.4) is 0 Å². The predicted molar refractivity (Wildman–Crippen MR) is 63.6 cm³/mol. The van der Waals surface area contributed by atoms with Crippen LogP contribution in [0.5, 0.6) is 0 Å². The Morgan fingerprint density at radius 3 is 2.13 bits per heavy atom. The summed E-state index contributed by atoms with van der Waals surface area (Å²) in [6.07, 6.45) is 5.34. The Bertz CT molecular complexity index is 204. The van der Waals surface area contributed by atoms with Crippen molar-refractivity contribution in [3.63, 3.8) is 0 Å². The highest BCUT2D eigenvalue weighted by molar-refractivity contribution is 5.00. The van der Waals surface area contributed by atoms with Gasteiger partial charge in [0.1, 0.15) is 0 Å². The molecule has 0 aliphatic heterocycles. The molecule has 0 bridgehead atoms. The van der Waals surface area contributed by atoms with Gasteiger partial charge in [-0.3, -0.25) is 0 Å². The second-order valence-corrected chi connectivity index (χ2v) is 3.56. The van der Waals surface area contributed by atoms with Gasteiger partial charge in [-0.2, -0.15) is 0 Å². The molecule has 0 heterocycles. The van der Waals surface area contributed by atoms with Crippen LogP contribution in [-0.4, -0.2) is 30.0 Å². The fourth-order valence-electron chi connectivity index (χ4n) is 1.32. The third-order valence-electron chi connectivity index (χ3n) is 2.22. The predicted octanol–water partition coefficient (Wildman–Crippen LogP) is 1.40. The molecule has 0 spiro atoms. The molecule has 0 aromatic carbocycles. The molecule has 0 amide bonds. The minimum absolute atomic E-state index is 0.199. The van der Waals surface area contributed by atoms with Gasteiger partial charge in [-0.25, -0.2) is 0 Å². The van der Waals surface area contributed by atoms with Gasteiger partial charge in [0.15, 0.2) is 0 Å². The highest BCUT2D eigenvalue weighted by Crippen LogP contribution is 2.18. The number of hydrogen-bond donors (Lipinski definition) is 2. The third-order valence-corrected chi connectivity index (χ3v) is 2.22. The summed E-state index contributed by atoms with van der Waals surface area (Å²) in [4.78, 5) is 0. The van der Waals surface area contributed by atoms with E-state index in [4.69, 9.17) is 10.5 Å². The van der Waals surface area contributed by atoms with Crippen molar-refractivity contribution in [3.8, 4) is 0 Å². The number of hydrogen-bond acceptors (Lipinski definition) is 3. The van der Waals surface area contributed by atoms with Gasteiger partial charge in [0.05, 0.1) is 24.9 Å². The van der Waals surface area contributed by atoms with Crippen molar-refractivity contribution in [1.82, 2.24) is 0 Å². The molecule has 3 nitrogen and oxygen atoms in total. The summed E-state index contributed by atoms with van der Waals surface area (Å²) in [7, 11) is 0. The first-order valence-electron chi connectivity index (χ1n) is 4.98. The van der Waals surface area contributed by atoms with Gasteiger partial charge in [0, 0.05) is 0 Å². The van der Waals surface area contributed by atoms with Gasteiger partial charge in [0.2, 0.25) is 0 Å². The Balaban J connectivity index is 4.25. The maximum absolute atomic E-state index is 9.88. The van der Waals surface area contributed by atoms with E-state index in [1.807, 2.05) is 0 Å². The fourth-order valence-corrected chi connectivity index (χ4v) is 1.32. The molecule has 1 atom stereocenters. The van der Waals surface area contributed by atoms with Crippen molar-refractivity contribution in [1.29, 1.82) is 0 Å². The lowest BCUT2D eigenvalue weighted by molar-refractivity contribution is 0.00283. The van der Waals surface area contributed by atoms with E-state index in [9.17, 15) is 5.11 Å². The molecule has 3 N–H and O–H groups in total. The van der Waals surface area contributed by atoms with Crippen molar-refractivity contribution < 1.29 is 9.84 Å². The van der Waals surface area contributed by atoms with Crippen LogP contribution in [0.1, 0.15) is 12.8 Å². The van der Waals surface area contributed by atoms with Crippen LogP contribution in [0.2, 0.25) is 0 Å². The Labute approximate surface area is 91.9 Å². The molecule has 15 heavy (non-hydrogen) atoms. The van der Waals surface area contributed by atoms with Gasteiger partial charge in [-0.15, -0.1) is 19.7 Å². The molecule has 0 rings (SSSR count). The first kappa shape index (κ1) is 14.1. The van der Waals surface area contributed by atoms with E-state index in [0.29, 0.717) is 19.4 Å². The van der Waals surface area contributed by atoms with Crippen molar-refractivity contribution >= 4 is 0 Å². The Hall–Kier alpha value is -0.900. The van der Waals surface area contributed by atoms with E-state index in [2.05, 4.69) is 19.7 Å². The largest absolute Gasteiger partial charge is 0.389 e. The highest BCUT2D eigenvalue weighted by Gasteiger charge is 2.31. The lowest BCUT2D eigenvalue weighted by atomic mass is 9.86. The second kappa shape index (κ2) is 7.40. The van der Waals surface area contributed by atoms with Crippen molar-refractivity contribution in [2.45, 2.75) is 24.5 Å². The zero-order valence-electron chi connectivity index (χ0n) is 9.19. The number of aliphatic hydroxyl groups excluding tert-OH is 1. The topological polar surface area (TPSA) is 55.5 Å². The number of aliphatic hydroxyl groups is 1. The molecule has 0 aromatic rings. The molecule has 0 aliphatic carbocycles. The highest BCUT2D eigenvalue weighted by atomic mass is 16.5. The van der Waals surface area contributed by atoms with Crippen LogP contribution < -0.4 is 5.73 Å². The minimum Gasteiger partial charge on any atom is -0.389 e. The van der Waals surface area contributed by atoms with Crippen molar-refractivity contribution in [3.05, 3.63) is 38.0 Å². The molecule has 0 aromatic heterocycles. The maximum Gasteiger partial charge on any atom is 0.0958 e. The lowest BCUT2D eigenvalue weighted by Gasteiger charge is -2.32. The van der Waals surface area contributed by atoms with Crippen LogP contribution >= 0.6 is 0 Å². The van der Waals surface area contributed by atoms with E-state index in [-0.39, 0.29) is 6.61 Å². The van der Waals surface area contributed by atoms with Crippen LogP contribution in [0, 0.1) is 0 Å². The van der Waals surface area contributed by atoms with E-state index in [0.717, 1.165) is 0 Å². The summed E-state index contributed by atoms with van der Waals surface area (Å²) in [5.74, 6) is 0. The molecule has 1 unspecified atom stereocenters. The summed E-state index contributed by atoms with van der Waals surface area (Å²) in [6, 6.07) is 0. The molecular weight excluding hydrogens is 190 g/mol. The van der Waals surface area contributed by atoms with Crippen LogP contribution in [0.25, 0.3) is 0 Å². The van der Waals surface area contributed by atoms with E-state index in [1.54, 1.807) is 18.2 Å². The van der Waals surface area contributed by atoms with Crippen LogP contribution in [-0.2, 0) is 4.74 Å². The molecular formula is C12H21NO2. The van der Waals surface area contributed by atoms with E-state index in [1.165, 1.54) is 0 Å². The van der Waals surface area contributed by atoms with E-state index >= 15 is 0 Å². The van der Waals surface area contributed by atoms with Gasteiger partial charge in [-0.1, -0.05) is 18.2 Å². The monoisotopic (exact) mass is 211 g/mol. The average Bonchev–Trinajstić information content (AvgIpc) is 2.18. The average molecular weight is 211 g/mol. The van der Waals surface area contributed by atoms with Gasteiger partial charge in [-0.05, 0) is 12.8 Å². The summed E-state index contributed by atoms with van der Waals surface area (Å²) >= 11 is 0. The molecule has 0 aliphatic rings. The molecule has 0 saturated carbocycles. The zero-order chi connectivity index (χ0) is 11.7. The van der Waals surface area contributed by atoms with Crippen molar-refractivity contribution in [2.75, 3.05) is 13.2 Å². The van der Waals surface area contributed by atoms with Crippen LogP contribution in [0.15, 0.2) is 38.0 Å². The zero-order valence-corrected chi connectivity index (χ0v) is 9.19. The van der Waals surface area contributed by atoms with E-state index < -0.39 is 11.6 Å². The summed E-state index contributed by atoms with van der Waals surface area (Å²) in [5.41, 5.74) is 5.32. The minimum atomic E-state index is -0.731. The Morgan fingerprint density at radius 2 is 1.73 bits per heavy atom. The molecule has 3 heteroatoms. The second-order valence-electron chi connectivity index (χ2n) is 3.56. The quantitative estimate of drug-likeness (QED) is 0.448. The third kappa shape index (κ3) is 4.93. The van der Waals surface area contributed by atoms with Crippen molar-refractivity contribution in [2.24, 2.45) is 5.73 Å². The number of nitrogens with two attached hydrogens (primary N) is 1. The van der Waals surface area contributed by atoms with Crippen LogP contribution in [0.4, 0.5) is 0 Å². The molecule has 0 radical (unpaired) electrons. The summed E-state index contributed by atoms with van der Waals surface area (Å²) in [5, 5.41) is 9.88. The SMILES string of the molecule is C=CCOCC(O)C(N)(CC=C)CC=C. The normalized spacial score (nSPS) is 13.2. The van der Waals surface area contributed by atoms with Gasteiger partial charge < -0.3 is 15.6 Å².